The lowest BCUT2D eigenvalue weighted by Gasteiger charge is -2.39. The molecular formula is C29H29FN6O4. The summed E-state index contributed by atoms with van der Waals surface area (Å²) in [5.41, 5.74) is 1.25. The molecule has 1 aliphatic heterocycles. The van der Waals surface area contributed by atoms with Gasteiger partial charge in [0.25, 0.3) is 17.6 Å². The van der Waals surface area contributed by atoms with E-state index in [9.17, 15) is 14.4 Å². The lowest BCUT2D eigenvalue weighted by Crippen LogP contribution is -2.56. The fourth-order valence-electron chi connectivity index (χ4n) is 5.66. The number of aromatic amines is 1. The van der Waals surface area contributed by atoms with E-state index in [1.807, 2.05) is 6.07 Å². The molecule has 3 heterocycles. The molecule has 2 fully saturated rings. The fraction of sp³-hybridized carbons (Fsp3) is 0.345. The minimum absolute atomic E-state index is 0.00324. The Morgan fingerprint density at radius 1 is 1.07 bits per heavy atom. The number of carbonyl (C=O) groups is 3. The second-order valence-corrected chi connectivity index (χ2v) is 10.4. The van der Waals surface area contributed by atoms with Gasteiger partial charge in [-0.25, -0.2) is 4.39 Å². The number of piperazine rings is 1. The van der Waals surface area contributed by atoms with Crippen LogP contribution in [0.1, 0.15) is 53.3 Å². The summed E-state index contributed by atoms with van der Waals surface area (Å²) in [5, 5.41) is 7.27. The van der Waals surface area contributed by atoms with Crippen molar-refractivity contribution in [3.05, 3.63) is 65.6 Å². The van der Waals surface area contributed by atoms with E-state index in [2.05, 4.69) is 20.4 Å². The third-order valence-electron chi connectivity index (χ3n) is 7.77. The summed E-state index contributed by atoms with van der Waals surface area (Å²) >= 11 is 0. The van der Waals surface area contributed by atoms with Gasteiger partial charge in [-0.1, -0.05) is 36.2 Å². The SMILES string of the molecule is CC1CN(C(=O)c2ccccc2)CCN1C(=O)C(=O)c1c[nH]c2c(-c3noc(NC4CCCC4)n3)ccc(F)c12. The first-order chi connectivity index (χ1) is 19.4. The van der Waals surface area contributed by atoms with Crippen LogP contribution in [0.4, 0.5) is 10.4 Å². The van der Waals surface area contributed by atoms with Gasteiger partial charge >= 0.3 is 6.01 Å². The molecule has 2 aliphatic rings. The monoisotopic (exact) mass is 544 g/mol. The van der Waals surface area contributed by atoms with E-state index in [4.69, 9.17) is 4.52 Å². The van der Waals surface area contributed by atoms with Crippen LogP contribution in [0.15, 0.2) is 53.2 Å². The summed E-state index contributed by atoms with van der Waals surface area (Å²) in [6.07, 6.45) is 5.71. The van der Waals surface area contributed by atoms with Crippen LogP contribution in [0.2, 0.25) is 0 Å². The highest BCUT2D eigenvalue weighted by Gasteiger charge is 2.35. The predicted octanol–water partition coefficient (Wildman–Crippen LogP) is 4.27. The molecule has 2 amide bonds. The van der Waals surface area contributed by atoms with Crippen molar-refractivity contribution in [3.63, 3.8) is 0 Å². The Morgan fingerprint density at radius 3 is 2.60 bits per heavy atom. The van der Waals surface area contributed by atoms with Crippen molar-refractivity contribution in [1.29, 1.82) is 0 Å². The molecule has 2 aromatic heterocycles. The van der Waals surface area contributed by atoms with Crippen LogP contribution in [0.3, 0.4) is 0 Å². The molecule has 40 heavy (non-hydrogen) atoms. The first-order valence-electron chi connectivity index (χ1n) is 13.5. The summed E-state index contributed by atoms with van der Waals surface area (Å²) in [5.74, 6) is -2.10. The number of fused-ring (bicyclic) bond motifs is 1. The summed E-state index contributed by atoms with van der Waals surface area (Å²) in [7, 11) is 0. The van der Waals surface area contributed by atoms with Gasteiger partial charge in [-0.2, -0.15) is 4.98 Å². The van der Waals surface area contributed by atoms with Gasteiger partial charge in [0.15, 0.2) is 0 Å². The number of nitrogens with one attached hydrogen (secondary N) is 2. The number of rotatable bonds is 6. The molecule has 10 nitrogen and oxygen atoms in total. The number of nitrogens with zero attached hydrogens (tertiary/aromatic N) is 4. The molecule has 1 saturated heterocycles. The zero-order valence-corrected chi connectivity index (χ0v) is 22.0. The number of hydrogen-bond acceptors (Lipinski definition) is 7. The Labute approximate surface area is 229 Å². The zero-order valence-electron chi connectivity index (χ0n) is 22.0. The fourth-order valence-corrected chi connectivity index (χ4v) is 5.66. The Morgan fingerprint density at radius 2 is 1.85 bits per heavy atom. The van der Waals surface area contributed by atoms with E-state index in [1.165, 1.54) is 23.2 Å². The van der Waals surface area contributed by atoms with E-state index >= 15 is 4.39 Å². The van der Waals surface area contributed by atoms with E-state index in [1.54, 1.807) is 36.1 Å². The maximum absolute atomic E-state index is 15.1. The Bertz CT molecular complexity index is 1580. The van der Waals surface area contributed by atoms with Gasteiger partial charge in [-0.3, -0.25) is 14.4 Å². The molecule has 6 rings (SSSR count). The Balaban J connectivity index is 1.20. The first-order valence-corrected chi connectivity index (χ1v) is 13.5. The molecule has 2 N–H and O–H groups in total. The number of aromatic nitrogens is 3. The number of halogens is 1. The second-order valence-electron chi connectivity index (χ2n) is 10.4. The van der Waals surface area contributed by atoms with Crippen molar-refractivity contribution in [1.82, 2.24) is 24.9 Å². The van der Waals surface area contributed by atoms with Gasteiger partial charge in [0, 0.05) is 54.4 Å². The van der Waals surface area contributed by atoms with Gasteiger partial charge in [-0.05, 0) is 44.0 Å². The normalized spacial score (nSPS) is 17.9. The van der Waals surface area contributed by atoms with Crippen molar-refractivity contribution in [2.75, 3.05) is 25.0 Å². The molecule has 11 heteroatoms. The molecular weight excluding hydrogens is 515 g/mol. The third-order valence-corrected chi connectivity index (χ3v) is 7.77. The van der Waals surface area contributed by atoms with Crippen molar-refractivity contribution in [2.24, 2.45) is 0 Å². The van der Waals surface area contributed by atoms with E-state index in [0.717, 1.165) is 25.7 Å². The topological polar surface area (TPSA) is 124 Å². The van der Waals surface area contributed by atoms with E-state index < -0.39 is 23.5 Å². The van der Waals surface area contributed by atoms with Crippen LogP contribution in [0, 0.1) is 5.82 Å². The van der Waals surface area contributed by atoms with E-state index in [0.29, 0.717) is 23.2 Å². The number of benzene rings is 2. The molecule has 0 bridgehead atoms. The molecule has 4 aromatic rings. The van der Waals surface area contributed by atoms with Gasteiger partial charge in [-0.15, -0.1) is 0 Å². The minimum Gasteiger partial charge on any atom is -0.360 e. The highest BCUT2D eigenvalue weighted by atomic mass is 19.1. The molecule has 0 radical (unpaired) electrons. The largest absolute Gasteiger partial charge is 0.360 e. The summed E-state index contributed by atoms with van der Waals surface area (Å²) in [6, 6.07) is 11.8. The second kappa shape index (κ2) is 10.6. The number of ketones is 1. The highest BCUT2D eigenvalue weighted by molar-refractivity contribution is 6.45. The maximum atomic E-state index is 15.1. The van der Waals surface area contributed by atoms with Crippen molar-refractivity contribution in [2.45, 2.75) is 44.7 Å². The van der Waals surface area contributed by atoms with Crippen molar-refractivity contribution >= 4 is 34.5 Å². The molecule has 1 aliphatic carbocycles. The Hall–Kier alpha value is -4.54. The smallest absolute Gasteiger partial charge is 0.322 e. The predicted molar refractivity (Wildman–Crippen MR) is 145 cm³/mol. The molecule has 1 atom stereocenters. The third kappa shape index (κ3) is 4.72. The first kappa shape index (κ1) is 25.7. The minimum atomic E-state index is -0.825. The van der Waals surface area contributed by atoms with Crippen molar-refractivity contribution < 1.29 is 23.3 Å². The lowest BCUT2D eigenvalue weighted by molar-refractivity contribution is -0.130. The van der Waals surface area contributed by atoms with Gasteiger partial charge in [0.1, 0.15) is 5.82 Å². The molecule has 2 aromatic carbocycles. The number of Topliss-reactive ketones (excluding diaryl/α,β-unsaturated/α-hetero) is 1. The zero-order chi connectivity index (χ0) is 27.8. The van der Waals surface area contributed by atoms with Crippen LogP contribution in [-0.4, -0.2) is 74.2 Å². The maximum Gasteiger partial charge on any atom is 0.322 e. The van der Waals surface area contributed by atoms with Crippen LogP contribution in [0.5, 0.6) is 0 Å². The summed E-state index contributed by atoms with van der Waals surface area (Å²) < 4.78 is 20.4. The molecule has 0 spiro atoms. The molecule has 1 unspecified atom stereocenters. The number of H-pyrrole nitrogens is 1. The summed E-state index contributed by atoms with van der Waals surface area (Å²) in [6.45, 7) is 2.56. The van der Waals surface area contributed by atoms with Crippen LogP contribution < -0.4 is 5.32 Å². The number of carbonyl (C=O) groups excluding carboxylic acids is 3. The van der Waals surface area contributed by atoms with Gasteiger partial charge in [0.2, 0.25) is 5.82 Å². The quantitative estimate of drug-likeness (QED) is 0.274. The molecule has 206 valence electrons. The molecule has 1 saturated carbocycles. The van der Waals surface area contributed by atoms with Crippen LogP contribution in [-0.2, 0) is 4.79 Å². The number of anilines is 1. The van der Waals surface area contributed by atoms with Crippen LogP contribution >= 0.6 is 0 Å². The van der Waals surface area contributed by atoms with Gasteiger partial charge < -0.3 is 24.6 Å². The number of hydrogen-bond donors (Lipinski definition) is 2. The standard InChI is InChI=1S/C29H29FN6O4/c1-17-16-35(27(38)18-7-3-2-4-8-18)13-14-36(17)28(39)25(37)21-15-31-24-20(11-12-22(30)23(21)24)26-33-29(40-34-26)32-19-9-5-6-10-19/h2-4,7-8,11-12,15,17,19,31H,5-6,9-10,13-14,16H2,1H3,(H,32,33,34). The average molecular weight is 545 g/mol. The summed E-state index contributed by atoms with van der Waals surface area (Å²) in [4.78, 5) is 50.0. The van der Waals surface area contributed by atoms with Crippen molar-refractivity contribution in [3.8, 4) is 11.4 Å². The van der Waals surface area contributed by atoms with Gasteiger partial charge in [0.05, 0.1) is 11.1 Å². The van der Waals surface area contributed by atoms with E-state index in [-0.39, 0.29) is 47.8 Å². The van der Waals surface area contributed by atoms with Crippen LogP contribution in [0.25, 0.3) is 22.3 Å². The Kier molecular flexibility index (Phi) is 6.79. The highest BCUT2D eigenvalue weighted by Crippen LogP contribution is 2.32. The number of amides is 2. The average Bonchev–Trinajstić information content (AvgIpc) is 3.75. The lowest BCUT2D eigenvalue weighted by atomic mass is 10.0.